The van der Waals surface area contributed by atoms with Gasteiger partial charge in [-0.1, -0.05) is 12.1 Å². The third kappa shape index (κ3) is 6.59. The van der Waals surface area contributed by atoms with E-state index in [1.54, 1.807) is 24.6 Å². The molecule has 0 unspecified atom stereocenters. The highest BCUT2D eigenvalue weighted by molar-refractivity contribution is 7.98. The quantitative estimate of drug-likeness (QED) is 0.200. The topological polar surface area (TPSA) is 76.1 Å². The van der Waals surface area contributed by atoms with Gasteiger partial charge in [0.2, 0.25) is 11.8 Å². The van der Waals surface area contributed by atoms with Crippen LogP contribution >= 0.6 is 23.5 Å². The van der Waals surface area contributed by atoms with Crippen molar-refractivity contribution < 1.29 is 36.6 Å². The van der Waals surface area contributed by atoms with Gasteiger partial charge in [0.15, 0.2) is 0 Å². The standard InChI is InChI=1S/2C12H11F3N2OS/c2*1-17-11(18)6-9(16-17)7-3-4-10(19-2)8(5-7)12(13,14)15/h2*3-6,18H,1-2H3. The summed E-state index contributed by atoms with van der Waals surface area (Å²) in [5.41, 5.74) is -0.136. The van der Waals surface area contributed by atoms with Gasteiger partial charge in [0, 0.05) is 47.1 Å². The molecule has 0 fully saturated rings. The summed E-state index contributed by atoms with van der Waals surface area (Å²) in [4.78, 5) is 0.327. The van der Waals surface area contributed by atoms with E-state index >= 15 is 0 Å². The maximum Gasteiger partial charge on any atom is 0.417 e. The lowest BCUT2D eigenvalue weighted by molar-refractivity contribution is -0.140. The van der Waals surface area contributed by atoms with Gasteiger partial charge in [0.05, 0.1) is 22.5 Å². The second-order valence-corrected chi connectivity index (χ2v) is 9.54. The maximum absolute atomic E-state index is 12.9. The number of aryl methyl sites for hydroxylation is 2. The average Bonchev–Trinajstić information content (AvgIpc) is 3.37. The molecule has 0 bridgehead atoms. The van der Waals surface area contributed by atoms with Crippen molar-refractivity contribution in [2.24, 2.45) is 14.1 Å². The van der Waals surface area contributed by atoms with Crippen molar-refractivity contribution in [2.75, 3.05) is 12.5 Å². The molecule has 38 heavy (non-hydrogen) atoms. The van der Waals surface area contributed by atoms with Crippen LogP contribution in [0.4, 0.5) is 26.3 Å². The Morgan fingerprint density at radius 3 is 1.21 bits per heavy atom. The number of hydrogen-bond acceptors (Lipinski definition) is 6. The second-order valence-electron chi connectivity index (χ2n) is 7.85. The minimum absolute atomic E-state index is 0.0995. The van der Waals surface area contributed by atoms with Gasteiger partial charge in [-0.05, 0) is 36.8 Å². The van der Waals surface area contributed by atoms with E-state index in [-0.39, 0.29) is 21.6 Å². The van der Waals surface area contributed by atoms with Gasteiger partial charge in [0.1, 0.15) is 0 Å². The summed E-state index contributed by atoms with van der Waals surface area (Å²) < 4.78 is 80.0. The number of aromatic nitrogens is 4. The zero-order valence-corrected chi connectivity index (χ0v) is 22.0. The van der Waals surface area contributed by atoms with Crippen LogP contribution in [0.25, 0.3) is 22.5 Å². The number of benzene rings is 2. The molecule has 0 aliphatic carbocycles. The molecular formula is C24H22F6N4O2S2. The minimum atomic E-state index is -4.41. The van der Waals surface area contributed by atoms with E-state index in [1.165, 1.54) is 47.7 Å². The highest BCUT2D eigenvalue weighted by Gasteiger charge is 2.34. The maximum atomic E-state index is 12.9. The number of nitrogens with zero attached hydrogens (tertiary/aromatic N) is 4. The summed E-state index contributed by atoms with van der Waals surface area (Å²) in [6.45, 7) is 0. The van der Waals surface area contributed by atoms with Crippen LogP contribution in [0.15, 0.2) is 58.3 Å². The van der Waals surface area contributed by atoms with Crippen molar-refractivity contribution in [2.45, 2.75) is 22.1 Å². The number of aromatic hydroxyl groups is 2. The Morgan fingerprint density at radius 2 is 0.974 bits per heavy atom. The van der Waals surface area contributed by atoms with E-state index in [2.05, 4.69) is 10.2 Å². The van der Waals surface area contributed by atoms with Gasteiger partial charge >= 0.3 is 12.4 Å². The van der Waals surface area contributed by atoms with Crippen LogP contribution in [0.2, 0.25) is 0 Å². The molecule has 0 aliphatic heterocycles. The Balaban J connectivity index is 0.000000211. The molecule has 0 saturated carbocycles. The largest absolute Gasteiger partial charge is 0.493 e. The lowest BCUT2D eigenvalue weighted by Gasteiger charge is -2.12. The number of alkyl halides is 6. The predicted octanol–water partition coefficient (Wildman–Crippen LogP) is 7.07. The first-order valence-corrected chi connectivity index (χ1v) is 13.1. The van der Waals surface area contributed by atoms with Gasteiger partial charge in [-0.25, -0.2) is 9.36 Å². The number of halogens is 6. The van der Waals surface area contributed by atoms with E-state index in [0.717, 1.165) is 35.7 Å². The van der Waals surface area contributed by atoms with Gasteiger partial charge in [-0.15, -0.1) is 23.5 Å². The van der Waals surface area contributed by atoms with E-state index in [4.69, 9.17) is 0 Å². The van der Waals surface area contributed by atoms with Crippen molar-refractivity contribution >= 4 is 23.5 Å². The van der Waals surface area contributed by atoms with E-state index in [0.29, 0.717) is 22.5 Å². The summed E-state index contributed by atoms with van der Waals surface area (Å²) in [6, 6.07) is 10.7. The van der Waals surface area contributed by atoms with E-state index in [1.807, 2.05) is 0 Å². The molecule has 204 valence electrons. The summed E-state index contributed by atoms with van der Waals surface area (Å²) in [6.07, 6.45) is -5.63. The molecule has 0 atom stereocenters. The molecule has 2 aromatic carbocycles. The molecule has 2 heterocycles. The molecule has 0 spiro atoms. The fourth-order valence-electron chi connectivity index (χ4n) is 3.37. The molecule has 4 rings (SSSR count). The Morgan fingerprint density at radius 1 is 0.632 bits per heavy atom. The zero-order chi connectivity index (χ0) is 28.4. The first-order chi connectivity index (χ1) is 17.6. The molecule has 0 radical (unpaired) electrons. The van der Waals surface area contributed by atoms with Crippen LogP contribution in [-0.4, -0.2) is 42.3 Å². The van der Waals surface area contributed by atoms with Crippen LogP contribution in [-0.2, 0) is 26.4 Å². The number of hydrogen-bond donors (Lipinski definition) is 2. The van der Waals surface area contributed by atoms with Gasteiger partial charge in [0.25, 0.3) is 0 Å². The van der Waals surface area contributed by atoms with Gasteiger partial charge in [-0.2, -0.15) is 36.5 Å². The Bertz CT molecular complexity index is 1280. The monoisotopic (exact) mass is 576 g/mol. The first kappa shape index (κ1) is 29.3. The molecule has 4 aromatic rings. The third-order valence-corrected chi connectivity index (χ3v) is 6.90. The Kier molecular flexibility index (Phi) is 8.66. The summed E-state index contributed by atoms with van der Waals surface area (Å²) in [7, 11) is 3.03. The van der Waals surface area contributed by atoms with Crippen molar-refractivity contribution in [3.8, 4) is 34.3 Å². The average molecular weight is 577 g/mol. The fraction of sp³-hybridized carbons (Fsp3) is 0.250. The Labute approximate surface area is 222 Å². The number of thioether (sulfide) groups is 2. The SMILES string of the molecule is CSc1ccc(-c2cc(O)n(C)n2)cc1C(F)(F)F.CSc1ccc(-c2cc(O)n(C)n2)cc1C(F)(F)F. The molecule has 2 aromatic heterocycles. The molecule has 6 nitrogen and oxygen atoms in total. The minimum Gasteiger partial charge on any atom is -0.493 e. The van der Waals surface area contributed by atoms with Crippen molar-refractivity contribution in [1.29, 1.82) is 0 Å². The summed E-state index contributed by atoms with van der Waals surface area (Å²) in [5.74, 6) is -0.199. The summed E-state index contributed by atoms with van der Waals surface area (Å²) in [5, 5.41) is 26.7. The van der Waals surface area contributed by atoms with Crippen molar-refractivity contribution in [1.82, 2.24) is 19.6 Å². The van der Waals surface area contributed by atoms with E-state index in [9.17, 15) is 36.6 Å². The molecule has 0 aliphatic rings. The molecule has 0 saturated heterocycles. The van der Waals surface area contributed by atoms with Crippen LogP contribution < -0.4 is 0 Å². The van der Waals surface area contributed by atoms with Crippen LogP contribution in [0.5, 0.6) is 11.8 Å². The molecular weight excluding hydrogens is 554 g/mol. The smallest absolute Gasteiger partial charge is 0.417 e. The van der Waals surface area contributed by atoms with Crippen LogP contribution in [0, 0.1) is 0 Å². The molecule has 14 heteroatoms. The van der Waals surface area contributed by atoms with Crippen molar-refractivity contribution in [3.63, 3.8) is 0 Å². The first-order valence-electron chi connectivity index (χ1n) is 10.6. The van der Waals surface area contributed by atoms with E-state index < -0.39 is 23.5 Å². The third-order valence-electron chi connectivity index (χ3n) is 5.31. The highest BCUT2D eigenvalue weighted by Crippen LogP contribution is 2.39. The molecule has 2 N–H and O–H groups in total. The Hall–Kier alpha value is -3.26. The van der Waals surface area contributed by atoms with Crippen molar-refractivity contribution in [3.05, 3.63) is 59.7 Å². The molecule has 0 amide bonds. The van der Waals surface area contributed by atoms with Gasteiger partial charge in [-0.3, -0.25) is 0 Å². The highest BCUT2D eigenvalue weighted by atomic mass is 32.2. The normalized spacial score (nSPS) is 11.8. The lowest BCUT2D eigenvalue weighted by Crippen LogP contribution is -2.07. The lowest BCUT2D eigenvalue weighted by atomic mass is 10.1. The predicted molar refractivity (Wildman–Crippen MR) is 134 cm³/mol. The summed E-state index contributed by atoms with van der Waals surface area (Å²) >= 11 is 2.08. The zero-order valence-electron chi connectivity index (χ0n) is 20.4. The fourth-order valence-corrected chi connectivity index (χ4v) is 4.57. The van der Waals surface area contributed by atoms with Crippen LogP contribution in [0.3, 0.4) is 0 Å². The number of rotatable bonds is 4. The second kappa shape index (κ2) is 11.2. The van der Waals surface area contributed by atoms with Gasteiger partial charge < -0.3 is 10.2 Å². The van der Waals surface area contributed by atoms with Crippen LogP contribution in [0.1, 0.15) is 11.1 Å².